The highest BCUT2D eigenvalue weighted by Crippen LogP contribution is 2.26. The summed E-state index contributed by atoms with van der Waals surface area (Å²) in [5, 5.41) is 0. The number of rotatable bonds is 4. The van der Waals surface area contributed by atoms with E-state index in [1.54, 1.807) is 31.4 Å². The molecule has 0 aliphatic rings. The first-order valence-electron chi connectivity index (χ1n) is 6.56. The van der Waals surface area contributed by atoms with Gasteiger partial charge in [-0.15, -0.1) is 0 Å². The monoisotopic (exact) mass is 286 g/mol. The fourth-order valence-corrected chi connectivity index (χ4v) is 1.91. The molecule has 0 aliphatic heterocycles. The second-order valence-electron chi connectivity index (χ2n) is 4.70. The van der Waals surface area contributed by atoms with E-state index < -0.39 is 5.97 Å². The van der Waals surface area contributed by atoms with Crippen LogP contribution in [0.25, 0.3) is 0 Å². The summed E-state index contributed by atoms with van der Waals surface area (Å²) in [5.41, 5.74) is 2.58. The first-order chi connectivity index (χ1) is 10.0. The Morgan fingerprint density at radius 1 is 0.857 bits per heavy atom. The largest absolute Gasteiger partial charge is 0.497 e. The molecule has 110 valence electrons. The molecule has 0 aliphatic carbocycles. The molecule has 0 amide bonds. The van der Waals surface area contributed by atoms with E-state index in [1.165, 1.54) is 7.11 Å². The summed E-state index contributed by atoms with van der Waals surface area (Å²) >= 11 is 0. The van der Waals surface area contributed by atoms with E-state index in [0.717, 1.165) is 11.1 Å². The highest BCUT2D eigenvalue weighted by atomic mass is 16.5. The minimum Gasteiger partial charge on any atom is -0.497 e. The van der Waals surface area contributed by atoms with Gasteiger partial charge in [-0.3, -0.25) is 0 Å². The Morgan fingerprint density at radius 3 is 2.19 bits per heavy atom. The Labute approximate surface area is 124 Å². The zero-order valence-corrected chi connectivity index (χ0v) is 12.6. The summed E-state index contributed by atoms with van der Waals surface area (Å²) in [5.74, 6) is 1.09. The number of esters is 1. The van der Waals surface area contributed by atoms with Crippen molar-refractivity contribution >= 4 is 5.97 Å². The zero-order chi connectivity index (χ0) is 15.4. The fourth-order valence-electron chi connectivity index (χ4n) is 1.91. The molecule has 0 atom stereocenters. The number of carbonyl (C=O) groups excluding carboxylic acids is 1. The van der Waals surface area contributed by atoms with Crippen LogP contribution in [0.2, 0.25) is 0 Å². The van der Waals surface area contributed by atoms with Gasteiger partial charge in [-0.25, -0.2) is 4.79 Å². The number of ether oxygens (including phenoxy) is 3. The lowest BCUT2D eigenvalue weighted by Gasteiger charge is -2.11. The Balaban J connectivity index is 2.25. The first kappa shape index (κ1) is 14.9. The summed E-state index contributed by atoms with van der Waals surface area (Å²) in [6.45, 7) is 3.98. The lowest BCUT2D eigenvalue weighted by molar-refractivity contribution is 0.0731. The van der Waals surface area contributed by atoms with E-state index in [0.29, 0.717) is 22.8 Å². The van der Waals surface area contributed by atoms with E-state index in [4.69, 9.17) is 14.2 Å². The summed E-state index contributed by atoms with van der Waals surface area (Å²) in [4.78, 5) is 12.2. The van der Waals surface area contributed by atoms with Crippen LogP contribution in [-0.4, -0.2) is 20.2 Å². The molecule has 0 saturated carbocycles. The Kier molecular flexibility index (Phi) is 4.48. The summed E-state index contributed by atoms with van der Waals surface area (Å²) in [6.07, 6.45) is 0. The van der Waals surface area contributed by atoms with E-state index >= 15 is 0 Å². The maximum absolute atomic E-state index is 12.2. The molecule has 0 spiro atoms. The van der Waals surface area contributed by atoms with Gasteiger partial charge in [0.1, 0.15) is 22.8 Å². The molecule has 2 aromatic carbocycles. The van der Waals surface area contributed by atoms with Gasteiger partial charge in [0.05, 0.1) is 14.2 Å². The van der Waals surface area contributed by atoms with Gasteiger partial charge in [0.25, 0.3) is 0 Å². The van der Waals surface area contributed by atoms with Gasteiger partial charge in [0.2, 0.25) is 0 Å². The normalized spacial score (nSPS) is 10.1. The number of aryl methyl sites for hydroxylation is 2. The lowest BCUT2D eigenvalue weighted by Crippen LogP contribution is -2.10. The van der Waals surface area contributed by atoms with Gasteiger partial charge in [-0.2, -0.15) is 0 Å². The molecule has 4 heteroatoms. The second kappa shape index (κ2) is 6.31. The molecule has 0 bridgehead atoms. The number of methoxy groups -OCH3 is 2. The quantitative estimate of drug-likeness (QED) is 0.637. The topological polar surface area (TPSA) is 44.8 Å². The summed E-state index contributed by atoms with van der Waals surface area (Å²) in [6, 6.07) is 10.5. The van der Waals surface area contributed by atoms with Gasteiger partial charge in [0, 0.05) is 6.07 Å². The molecule has 2 rings (SSSR count). The standard InChI is InChI=1S/C17H18O4/c1-11-5-6-14(9-12(11)2)21-17(18)15-8-7-13(19-3)10-16(15)20-4/h5-10H,1-4H3. The predicted octanol–water partition coefficient (Wildman–Crippen LogP) is 3.54. The molecule has 4 nitrogen and oxygen atoms in total. The van der Waals surface area contributed by atoms with Crippen LogP contribution >= 0.6 is 0 Å². The maximum Gasteiger partial charge on any atom is 0.347 e. The van der Waals surface area contributed by atoms with Gasteiger partial charge in [0.15, 0.2) is 0 Å². The molecule has 0 saturated heterocycles. The Morgan fingerprint density at radius 2 is 1.57 bits per heavy atom. The van der Waals surface area contributed by atoms with E-state index in [2.05, 4.69) is 0 Å². The highest BCUT2D eigenvalue weighted by Gasteiger charge is 2.15. The number of hydrogen-bond acceptors (Lipinski definition) is 4. The number of hydrogen-bond donors (Lipinski definition) is 0. The van der Waals surface area contributed by atoms with Gasteiger partial charge >= 0.3 is 5.97 Å². The molecule has 21 heavy (non-hydrogen) atoms. The van der Waals surface area contributed by atoms with Crippen LogP contribution < -0.4 is 14.2 Å². The van der Waals surface area contributed by atoms with Crippen molar-refractivity contribution in [1.82, 2.24) is 0 Å². The summed E-state index contributed by atoms with van der Waals surface area (Å²) in [7, 11) is 3.06. The van der Waals surface area contributed by atoms with Crippen LogP contribution in [-0.2, 0) is 0 Å². The van der Waals surface area contributed by atoms with Crippen molar-refractivity contribution in [1.29, 1.82) is 0 Å². The molecular weight excluding hydrogens is 268 g/mol. The maximum atomic E-state index is 12.2. The van der Waals surface area contributed by atoms with Crippen LogP contribution in [0.5, 0.6) is 17.2 Å². The van der Waals surface area contributed by atoms with Crippen molar-refractivity contribution in [3.05, 3.63) is 53.1 Å². The number of carbonyl (C=O) groups is 1. The van der Waals surface area contributed by atoms with Gasteiger partial charge < -0.3 is 14.2 Å². The van der Waals surface area contributed by atoms with Crippen molar-refractivity contribution in [2.75, 3.05) is 14.2 Å². The van der Waals surface area contributed by atoms with Crippen LogP contribution in [0, 0.1) is 13.8 Å². The zero-order valence-electron chi connectivity index (χ0n) is 12.6. The van der Waals surface area contributed by atoms with E-state index in [9.17, 15) is 4.79 Å². The van der Waals surface area contributed by atoms with Crippen LogP contribution in [0.15, 0.2) is 36.4 Å². The van der Waals surface area contributed by atoms with Crippen LogP contribution in [0.3, 0.4) is 0 Å². The first-order valence-corrected chi connectivity index (χ1v) is 6.56. The molecular formula is C17H18O4. The molecule has 0 fully saturated rings. The van der Waals surface area contributed by atoms with Crippen molar-refractivity contribution in [2.45, 2.75) is 13.8 Å². The third-order valence-electron chi connectivity index (χ3n) is 3.32. The smallest absolute Gasteiger partial charge is 0.347 e. The van der Waals surface area contributed by atoms with Gasteiger partial charge in [-0.1, -0.05) is 6.07 Å². The third kappa shape index (κ3) is 3.34. The fraction of sp³-hybridized carbons (Fsp3) is 0.235. The minimum atomic E-state index is -0.460. The number of benzene rings is 2. The van der Waals surface area contributed by atoms with Crippen LogP contribution in [0.1, 0.15) is 21.5 Å². The molecule has 2 aromatic rings. The minimum absolute atomic E-state index is 0.358. The second-order valence-corrected chi connectivity index (χ2v) is 4.70. The lowest BCUT2D eigenvalue weighted by atomic mass is 10.1. The summed E-state index contributed by atoms with van der Waals surface area (Å²) < 4.78 is 15.7. The highest BCUT2D eigenvalue weighted by molar-refractivity contribution is 5.94. The van der Waals surface area contributed by atoms with Gasteiger partial charge in [-0.05, 0) is 49.2 Å². The van der Waals surface area contributed by atoms with Crippen molar-refractivity contribution in [2.24, 2.45) is 0 Å². The molecule has 0 unspecified atom stereocenters. The average molecular weight is 286 g/mol. The molecule has 0 N–H and O–H groups in total. The SMILES string of the molecule is COc1ccc(C(=O)Oc2ccc(C)c(C)c2)c(OC)c1. The molecule has 0 heterocycles. The molecule has 0 aromatic heterocycles. The van der Waals surface area contributed by atoms with Crippen LogP contribution in [0.4, 0.5) is 0 Å². The Bertz CT molecular complexity index is 662. The molecule has 0 radical (unpaired) electrons. The third-order valence-corrected chi connectivity index (χ3v) is 3.32. The van der Waals surface area contributed by atoms with E-state index in [1.807, 2.05) is 26.0 Å². The Hall–Kier alpha value is -2.49. The van der Waals surface area contributed by atoms with Crippen molar-refractivity contribution in [3.63, 3.8) is 0 Å². The predicted molar refractivity (Wildman–Crippen MR) is 80.4 cm³/mol. The van der Waals surface area contributed by atoms with Crippen molar-refractivity contribution in [3.8, 4) is 17.2 Å². The van der Waals surface area contributed by atoms with Crippen molar-refractivity contribution < 1.29 is 19.0 Å². The average Bonchev–Trinajstić information content (AvgIpc) is 2.50. The van der Waals surface area contributed by atoms with E-state index in [-0.39, 0.29) is 0 Å².